The number of benzene rings is 2. The first kappa shape index (κ1) is 19.8. The van der Waals surface area contributed by atoms with Gasteiger partial charge in [-0.1, -0.05) is 18.2 Å². The second kappa shape index (κ2) is 9.79. The zero-order valence-corrected chi connectivity index (χ0v) is 15.5. The quantitative estimate of drug-likeness (QED) is 0.700. The lowest BCUT2D eigenvalue weighted by molar-refractivity contribution is -0.118. The second-order valence-corrected chi connectivity index (χ2v) is 6.50. The van der Waals surface area contributed by atoms with Crippen molar-refractivity contribution in [3.63, 3.8) is 0 Å². The lowest BCUT2D eigenvalue weighted by Crippen LogP contribution is -2.41. The molecule has 0 aliphatic heterocycles. The van der Waals surface area contributed by atoms with E-state index in [9.17, 15) is 9.90 Å². The minimum absolute atomic E-state index is 0.113. The number of hydrogen-bond acceptors (Lipinski definition) is 5. The first-order valence-corrected chi connectivity index (χ1v) is 8.73. The van der Waals surface area contributed by atoms with E-state index in [1.54, 1.807) is 31.2 Å². The summed E-state index contributed by atoms with van der Waals surface area (Å²) >= 11 is 0. The average molecular weight is 354 g/mol. The van der Waals surface area contributed by atoms with Crippen LogP contribution in [0.1, 0.15) is 20.8 Å². The lowest BCUT2D eigenvalue weighted by atomic mass is 10.2. The maximum Gasteiger partial charge on any atom is 0.238 e. The summed E-state index contributed by atoms with van der Waals surface area (Å²) in [6, 6.07) is 16.9. The monoisotopic (exact) mass is 354 g/mol. The Bertz CT molecular complexity index is 712. The van der Waals surface area contributed by atoms with Crippen LogP contribution in [0.5, 0.6) is 0 Å². The fourth-order valence-electron chi connectivity index (χ4n) is 2.40. The van der Waals surface area contributed by atoms with E-state index in [-0.39, 0.29) is 18.5 Å². The summed E-state index contributed by atoms with van der Waals surface area (Å²) in [5, 5.41) is 20.8. The molecule has 2 N–H and O–H groups in total. The molecule has 0 aliphatic rings. The van der Waals surface area contributed by atoms with E-state index >= 15 is 0 Å². The molecular weight excluding hydrogens is 328 g/mol. The van der Waals surface area contributed by atoms with E-state index in [0.717, 1.165) is 5.69 Å². The van der Waals surface area contributed by atoms with Crippen LogP contribution >= 0.6 is 0 Å². The molecule has 0 aromatic heterocycles. The van der Waals surface area contributed by atoms with Crippen molar-refractivity contribution in [1.29, 1.82) is 0 Å². The van der Waals surface area contributed by atoms with Crippen molar-refractivity contribution >= 4 is 23.0 Å². The predicted octanol–water partition coefficient (Wildman–Crippen LogP) is 4.13. The summed E-state index contributed by atoms with van der Waals surface area (Å²) in [5.41, 5.74) is 2.20. The highest BCUT2D eigenvalue weighted by Crippen LogP contribution is 2.20. The number of nitrogens with one attached hydrogen (secondary N) is 1. The van der Waals surface area contributed by atoms with Gasteiger partial charge in [-0.05, 0) is 57.2 Å². The molecular formula is C20H26N4O2. The molecule has 6 heteroatoms. The number of rotatable bonds is 8. The molecule has 1 unspecified atom stereocenters. The van der Waals surface area contributed by atoms with Gasteiger partial charge in [-0.15, -0.1) is 0 Å². The van der Waals surface area contributed by atoms with Gasteiger partial charge in [0, 0.05) is 18.3 Å². The molecule has 0 saturated carbocycles. The van der Waals surface area contributed by atoms with Crippen LogP contribution in [-0.4, -0.2) is 41.1 Å². The highest BCUT2D eigenvalue weighted by Gasteiger charge is 2.16. The Balaban J connectivity index is 1.91. The van der Waals surface area contributed by atoms with E-state index in [2.05, 4.69) is 15.5 Å². The standard InChI is InChI=1S/C20H26N4O2/c1-15(2)24(13-16(3)25)14-20(26)21-17-9-11-19(12-10-17)23-22-18-7-5-4-6-8-18/h4-12,15-16,25H,13-14H2,1-3H3,(H,21,26). The third kappa shape index (κ3) is 6.74. The molecule has 2 aromatic rings. The molecule has 138 valence electrons. The minimum atomic E-state index is -0.473. The minimum Gasteiger partial charge on any atom is -0.392 e. The lowest BCUT2D eigenvalue weighted by Gasteiger charge is -2.26. The Hall–Kier alpha value is -2.57. The number of anilines is 1. The first-order chi connectivity index (χ1) is 12.4. The van der Waals surface area contributed by atoms with Crippen molar-refractivity contribution in [2.24, 2.45) is 10.2 Å². The molecule has 1 amide bonds. The van der Waals surface area contributed by atoms with Gasteiger partial charge in [0.15, 0.2) is 0 Å². The Morgan fingerprint density at radius 2 is 1.58 bits per heavy atom. The third-order valence-electron chi connectivity index (χ3n) is 3.76. The number of amides is 1. The molecule has 6 nitrogen and oxygen atoms in total. The Morgan fingerprint density at radius 3 is 2.12 bits per heavy atom. The molecule has 0 radical (unpaired) electrons. The molecule has 2 rings (SSSR count). The molecule has 0 saturated heterocycles. The van der Waals surface area contributed by atoms with Gasteiger partial charge in [0.1, 0.15) is 0 Å². The fraction of sp³-hybridized carbons (Fsp3) is 0.350. The van der Waals surface area contributed by atoms with Crippen LogP contribution in [0.3, 0.4) is 0 Å². The average Bonchev–Trinajstić information content (AvgIpc) is 2.61. The van der Waals surface area contributed by atoms with Crippen molar-refractivity contribution in [2.45, 2.75) is 32.9 Å². The maximum absolute atomic E-state index is 12.2. The van der Waals surface area contributed by atoms with Gasteiger partial charge in [0.2, 0.25) is 5.91 Å². The van der Waals surface area contributed by atoms with Crippen molar-refractivity contribution in [3.8, 4) is 0 Å². The normalized spacial score (nSPS) is 12.7. The fourth-order valence-corrected chi connectivity index (χ4v) is 2.40. The maximum atomic E-state index is 12.2. The van der Waals surface area contributed by atoms with Crippen molar-refractivity contribution in [2.75, 3.05) is 18.4 Å². The highest BCUT2D eigenvalue weighted by molar-refractivity contribution is 5.92. The van der Waals surface area contributed by atoms with E-state index < -0.39 is 6.10 Å². The predicted molar refractivity (Wildman–Crippen MR) is 104 cm³/mol. The van der Waals surface area contributed by atoms with Crippen molar-refractivity contribution < 1.29 is 9.90 Å². The number of aliphatic hydroxyl groups excluding tert-OH is 1. The summed E-state index contributed by atoms with van der Waals surface area (Å²) in [7, 11) is 0. The number of carbonyl (C=O) groups is 1. The van der Waals surface area contributed by atoms with Gasteiger partial charge in [-0.3, -0.25) is 9.69 Å². The van der Waals surface area contributed by atoms with Gasteiger partial charge >= 0.3 is 0 Å². The Morgan fingerprint density at radius 1 is 1.00 bits per heavy atom. The van der Waals surface area contributed by atoms with Crippen molar-refractivity contribution in [3.05, 3.63) is 54.6 Å². The summed E-state index contributed by atoms with van der Waals surface area (Å²) in [6.45, 7) is 6.42. The van der Waals surface area contributed by atoms with Crippen LogP contribution in [0.4, 0.5) is 17.1 Å². The van der Waals surface area contributed by atoms with Crippen molar-refractivity contribution in [1.82, 2.24) is 4.90 Å². The summed E-state index contributed by atoms with van der Waals surface area (Å²) < 4.78 is 0. The van der Waals surface area contributed by atoms with Crippen LogP contribution in [0.25, 0.3) is 0 Å². The van der Waals surface area contributed by atoms with E-state index in [1.165, 1.54) is 0 Å². The zero-order valence-electron chi connectivity index (χ0n) is 15.5. The summed E-state index contributed by atoms with van der Waals surface area (Å²) in [4.78, 5) is 14.2. The van der Waals surface area contributed by atoms with Crippen LogP contribution in [-0.2, 0) is 4.79 Å². The van der Waals surface area contributed by atoms with E-state index in [0.29, 0.717) is 17.9 Å². The van der Waals surface area contributed by atoms with Gasteiger partial charge in [0.05, 0.1) is 24.0 Å². The van der Waals surface area contributed by atoms with Crippen LogP contribution in [0, 0.1) is 0 Å². The van der Waals surface area contributed by atoms with Gasteiger partial charge in [0.25, 0.3) is 0 Å². The smallest absolute Gasteiger partial charge is 0.238 e. The molecule has 0 bridgehead atoms. The highest BCUT2D eigenvalue weighted by atomic mass is 16.3. The van der Waals surface area contributed by atoms with Crippen LogP contribution in [0.2, 0.25) is 0 Å². The number of aliphatic hydroxyl groups is 1. The Kier molecular flexibility index (Phi) is 7.44. The van der Waals surface area contributed by atoms with E-state index in [1.807, 2.05) is 49.1 Å². The largest absolute Gasteiger partial charge is 0.392 e. The Labute approximate surface area is 154 Å². The topological polar surface area (TPSA) is 77.3 Å². The number of hydrogen-bond donors (Lipinski definition) is 2. The molecule has 0 heterocycles. The van der Waals surface area contributed by atoms with Crippen LogP contribution < -0.4 is 5.32 Å². The SMILES string of the molecule is CC(O)CN(CC(=O)Nc1ccc(N=Nc2ccccc2)cc1)C(C)C. The molecule has 0 spiro atoms. The zero-order chi connectivity index (χ0) is 18.9. The first-order valence-electron chi connectivity index (χ1n) is 8.73. The molecule has 0 fully saturated rings. The van der Waals surface area contributed by atoms with E-state index in [4.69, 9.17) is 0 Å². The number of nitrogens with zero attached hydrogens (tertiary/aromatic N) is 3. The molecule has 2 aromatic carbocycles. The van der Waals surface area contributed by atoms with Gasteiger partial charge in [-0.2, -0.15) is 10.2 Å². The molecule has 0 aliphatic carbocycles. The summed E-state index contributed by atoms with van der Waals surface area (Å²) in [5.74, 6) is -0.113. The number of azo groups is 1. The number of carbonyl (C=O) groups excluding carboxylic acids is 1. The molecule has 26 heavy (non-hydrogen) atoms. The second-order valence-electron chi connectivity index (χ2n) is 6.50. The van der Waals surface area contributed by atoms with Crippen LogP contribution in [0.15, 0.2) is 64.8 Å². The summed E-state index contributed by atoms with van der Waals surface area (Å²) in [6.07, 6.45) is -0.473. The molecule has 1 atom stereocenters. The third-order valence-corrected chi connectivity index (χ3v) is 3.76. The van der Waals surface area contributed by atoms with Gasteiger partial charge in [-0.25, -0.2) is 0 Å². The van der Waals surface area contributed by atoms with Gasteiger partial charge < -0.3 is 10.4 Å².